The fourth-order valence-corrected chi connectivity index (χ4v) is 10.8. The molecule has 5 saturated carbocycles. The zero-order valence-electron chi connectivity index (χ0n) is 14.5. The van der Waals surface area contributed by atoms with Crippen molar-refractivity contribution in [2.45, 2.75) is 67.7 Å². The molecule has 112 valence electrons. The molecule has 9 atom stereocenters. The predicted octanol–water partition coefficient (Wildman–Crippen LogP) is 5.38. The van der Waals surface area contributed by atoms with Gasteiger partial charge in [-0.25, -0.2) is 0 Å². The van der Waals surface area contributed by atoms with Crippen LogP contribution in [0, 0.1) is 56.7 Å². The molecule has 5 rings (SSSR count). The highest BCUT2D eigenvalue weighted by Crippen LogP contribution is 2.96. The highest BCUT2D eigenvalue weighted by Gasteiger charge is 2.91. The predicted molar refractivity (Wildman–Crippen MR) is 83.2 cm³/mol. The van der Waals surface area contributed by atoms with Crippen LogP contribution in [0.3, 0.4) is 0 Å². The lowest BCUT2D eigenvalue weighted by Gasteiger charge is -2.69. The molecule has 0 radical (unpaired) electrons. The fraction of sp³-hybridized carbons (Fsp3) is 1.00. The van der Waals surface area contributed by atoms with Crippen molar-refractivity contribution in [1.29, 1.82) is 0 Å². The molecule has 0 amide bonds. The molecular weight excluding hydrogens is 240 g/mol. The van der Waals surface area contributed by atoms with Crippen LogP contribution in [0.4, 0.5) is 0 Å². The Kier molecular flexibility index (Phi) is 1.67. The van der Waals surface area contributed by atoms with Gasteiger partial charge >= 0.3 is 0 Å². The third-order valence-electron chi connectivity index (χ3n) is 11.2. The normalized spacial score (nSPS) is 74.8. The van der Waals surface area contributed by atoms with E-state index >= 15 is 0 Å². The van der Waals surface area contributed by atoms with Crippen molar-refractivity contribution in [2.24, 2.45) is 56.7 Å². The summed E-state index contributed by atoms with van der Waals surface area (Å²) in [7, 11) is 0. The first-order chi connectivity index (χ1) is 9.09. The summed E-state index contributed by atoms with van der Waals surface area (Å²) in [6, 6.07) is 0. The minimum Gasteiger partial charge on any atom is -0.0619 e. The van der Waals surface area contributed by atoms with Crippen LogP contribution < -0.4 is 0 Å². The Bertz CT molecular complexity index is 532. The van der Waals surface area contributed by atoms with Gasteiger partial charge in [0.2, 0.25) is 0 Å². The topological polar surface area (TPSA) is 0 Å². The van der Waals surface area contributed by atoms with Gasteiger partial charge in [-0.15, -0.1) is 0 Å². The summed E-state index contributed by atoms with van der Waals surface area (Å²) in [5, 5.41) is 0. The van der Waals surface area contributed by atoms with E-state index in [2.05, 4.69) is 48.5 Å². The molecule has 3 bridgehead atoms. The Morgan fingerprint density at radius 2 is 1.55 bits per heavy atom. The monoisotopic (exact) mass is 272 g/mol. The molecule has 5 fully saturated rings. The minimum atomic E-state index is 0.522. The minimum absolute atomic E-state index is 0.522. The van der Waals surface area contributed by atoms with Crippen LogP contribution >= 0.6 is 0 Å². The van der Waals surface area contributed by atoms with Crippen LogP contribution in [0.1, 0.15) is 67.7 Å². The molecule has 0 nitrogen and oxygen atoms in total. The van der Waals surface area contributed by atoms with E-state index in [0.29, 0.717) is 21.7 Å². The van der Waals surface area contributed by atoms with E-state index in [1.54, 1.807) is 6.42 Å². The quantitative estimate of drug-likeness (QED) is 0.555. The second-order valence-corrected chi connectivity index (χ2v) is 10.8. The number of hydrogen-bond donors (Lipinski definition) is 0. The van der Waals surface area contributed by atoms with Crippen molar-refractivity contribution in [3.63, 3.8) is 0 Å². The molecule has 0 N–H and O–H groups in total. The Hall–Kier alpha value is 0. The maximum absolute atomic E-state index is 2.73. The molecule has 0 saturated heterocycles. The summed E-state index contributed by atoms with van der Waals surface area (Å²) in [5.41, 5.74) is 3.06. The zero-order chi connectivity index (χ0) is 14.5. The molecule has 9 unspecified atom stereocenters. The maximum Gasteiger partial charge on any atom is -0.0147 e. The molecule has 5 aliphatic carbocycles. The van der Waals surface area contributed by atoms with Gasteiger partial charge in [0.15, 0.2) is 0 Å². The lowest BCUT2D eigenvalue weighted by atomic mass is 9.35. The van der Waals surface area contributed by atoms with Crippen LogP contribution in [-0.2, 0) is 0 Å². The summed E-state index contributed by atoms with van der Waals surface area (Å²) >= 11 is 0. The van der Waals surface area contributed by atoms with E-state index in [1.165, 1.54) is 12.8 Å². The largest absolute Gasteiger partial charge is 0.0619 e. The second-order valence-electron chi connectivity index (χ2n) is 10.8. The summed E-state index contributed by atoms with van der Waals surface area (Å²) in [4.78, 5) is 0. The molecule has 0 aromatic heterocycles. The van der Waals surface area contributed by atoms with Crippen LogP contribution in [0.15, 0.2) is 0 Å². The summed E-state index contributed by atoms with van der Waals surface area (Å²) in [6.45, 7) is 18.7. The first kappa shape index (κ1) is 12.5. The Morgan fingerprint density at radius 1 is 0.900 bits per heavy atom. The molecule has 1 spiro atoms. The van der Waals surface area contributed by atoms with Crippen molar-refractivity contribution in [3.05, 3.63) is 0 Å². The first-order valence-electron chi connectivity index (χ1n) is 9.09. The van der Waals surface area contributed by atoms with E-state index in [0.717, 1.165) is 35.0 Å². The molecule has 0 aromatic carbocycles. The van der Waals surface area contributed by atoms with Gasteiger partial charge in [0.1, 0.15) is 0 Å². The molecular formula is C20H32. The summed E-state index contributed by atoms with van der Waals surface area (Å²) < 4.78 is 0. The zero-order valence-corrected chi connectivity index (χ0v) is 14.5. The highest BCUT2D eigenvalue weighted by atomic mass is 14.9. The lowest BCUT2D eigenvalue weighted by Crippen LogP contribution is -2.63. The SMILES string of the molecule is CC1C2C3(C)CC4(C)C5(C(CC15)CC4(C)C2(C)C)C3C. The second kappa shape index (κ2) is 2.67. The van der Waals surface area contributed by atoms with E-state index in [9.17, 15) is 0 Å². The third-order valence-corrected chi connectivity index (χ3v) is 11.2. The van der Waals surface area contributed by atoms with Crippen molar-refractivity contribution in [2.75, 3.05) is 0 Å². The van der Waals surface area contributed by atoms with Crippen LogP contribution in [0.2, 0.25) is 0 Å². The summed E-state index contributed by atoms with van der Waals surface area (Å²) in [5.74, 6) is 4.99. The Balaban J connectivity index is 1.93. The van der Waals surface area contributed by atoms with Crippen molar-refractivity contribution in [1.82, 2.24) is 0 Å². The smallest absolute Gasteiger partial charge is 0.0147 e. The van der Waals surface area contributed by atoms with Crippen molar-refractivity contribution >= 4 is 0 Å². The van der Waals surface area contributed by atoms with Crippen LogP contribution in [0.5, 0.6) is 0 Å². The van der Waals surface area contributed by atoms with Gasteiger partial charge in [0, 0.05) is 0 Å². The molecule has 5 aliphatic rings. The van der Waals surface area contributed by atoms with E-state index in [1.807, 2.05) is 0 Å². The van der Waals surface area contributed by atoms with E-state index in [-0.39, 0.29) is 0 Å². The van der Waals surface area contributed by atoms with Crippen molar-refractivity contribution in [3.8, 4) is 0 Å². The Morgan fingerprint density at radius 3 is 2.20 bits per heavy atom. The lowest BCUT2D eigenvalue weighted by molar-refractivity contribution is -0.213. The van der Waals surface area contributed by atoms with Gasteiger partial charge in [-0.1, -0.05) is 48.5 Å². The van der Waals surface area contributed by atoms with E-state index in [4.69, 9.17) is 0 Å². The van der Waals surface area contributed by atoms with Crippen molar-refractivity contribution < 1.29 is 0 Å². The van der Waals surface area contributed by atoms with Gasteiger partial charge in [-0.2, -0.15) is 0 Å². The third kappa shape index (κ3) is 0.703. The summed E-state index contributed by atoms with van der Waals surface area (Å²) in [6.07, 6.45) is 4.64. The standard InChI is InChI=1S/C20H32/c1-11-14-8-13-9-18(6)16(3,4)15(11)17(5)10-19(18,7)20(13,14)12(17)2/h11-15H,8-10H2,1-7H3. The van der Waals surface area contributed by atoms with Crippen LogP contribution in [-0.4, -0.2) is 0 Å². The number of hydrogen-bond acceptors (Lipinski definition) is 0. The Labute approximate surface area is 125 Å². The average molecular weight is 272 g/mol. The highest BCUT2D eigenvalue weighted by molar-refractivity contribution is 5.38. The van der Waals surface area contributed by atoms with Gasteiger partial charge in [0.05, 0.1) is 0 Å². The molecule has 0 aromatic rings. The van der Waals surface area contributed by atoms with E-state index < -0.39 is 0 Å². The fourth-order valence-electron chi connectivity index (χ4n) is 10.8. The van der Waals surface area contributed by atoms with Gasteiger partial charge in [-0.3, -0.25) is 0 Å². The molecule has 20 heavy (non-hydrogen) atoms. The average Bonchev–Trinajstić information content (AvgIpc) is 2.52. The first-order valence-corrected chi connectivity index (χ1v) is 9.09. The van der Waals surface area contributed by atoms with Gasteiger partial charge in [-0.05, 0) is 75.9 Å². The number of rotatable bonds is 0. The maximum atomic E-state index is 2.73. The van der Waals surface area contributed by atoms with Gasteiger partial charge < -0.3 is 0 Å². The van der Waals surface area contributed by atoms with Crippen LogP contribution in [0.25, 0.3) is 0 Å². The molecule has 0 heteroatoms. The van der Waals surface area contributed by atoms with Gasteiger partial charge in [0.25, 0.3) is 0 Å². The molecule has 0 heterocycles. The molecule has 0 aliphatic heterocycles.